The van der Waals surface area contributed by atoms with Crippen LogP contribution in [0, 0.1) is 0 Å². The first kappa shape index (κ1) is 19.6. The number of para-hydroxylation sites is 3. The number of hydrogen-bond acceptors (Lipinski definition) is 4. The fourth-order valence-corrected chi connectivity index (χ4v) is 2.59. The molecule has 0 aliphatic carbocycles. The molecule has 0 saturated carbocycles. The number of carbonyl (C=O) groups excluding carboxylic acids is 1. The molecule has 2 N–H and O–H groups in total. The van der Waals surface area contributed by atoms with Gasteiger partial charge in [0.1, 0.15) is 24.7 Å². The smallest absolute Gasteiger partial charge is 0.243 e. The SMILES string of the molecule is O=C(CNc1ccc(Cl)cc1)Nc1ccccc1OCCOc1ccccc1. The van der Waals surface area contributed by atoms with Crippen LogP contribution in [0.1, 0.15) is 0 Å². The number of hydrogen-bond donors (Lipinski definition) is 2. The van der Waals surface area contributed by atoms with Gasteiger partial charge in [0.25, 0.3) is 0 Å². The molecular weight excluding hydrogens is 376 g/mol. The van der Waals surface area contributed by atoms with Crippen LogP contribution in [0.15, 0.2) is 78.9 Å². The molecular formula is C22H21ClN2O3. The lowest BCUT2D eigenvalue weighted by molar-refractivity contribution is -0.114. The zero-order chi connectivity index (χ0) is 19.6. The maximum Gasteiger partial charge on any atom is 0.243 e. The first-order valence-electron chi connectivity index (χ1n) is 8.90. The molecule has 1 amide bonds. The predicted octanol–water partition coefficient (Wildman–Crippen LogP) is 4.85. The van der Waals surface area contributed by atoms with Gasteiger partial charge in [0.05, 0.1) is 12.2 Å². The number of rotatable bonds is 9. The molecule has 0 bridgehead atoms. The van der Waals surface area contributed by atoms with Crippen LogP contribution < -0.4 is 20.1 Å². The Morgan fingerprint density at radius 2 is 1.50 bits per heavy atom. The molecule has 0 saturated heterocycles. The summed E-state index contributed by atoms with van der Waals surface area (Å²) >= 11 is 5.86. The van der Waals surface area contributed by atoms with Gasteiger partial charge in [-0.3, -0.25) is 4.79 Å². The third-order valence-corrected chi connectivity index (χ3v) is 4.06. The van der Waals surface area contributed by atoms with Crippen LogP contribution in [-0.4, -0.2) is 25.7 Å². The maximum absolute atomic E-state index is 12.2. The zero-order valence-electron chi connectivity index (χ0n) is 15.2. The van der Waals surface area contributed by atoms with Crippen LogP contribution in [-0.2, 0) is 4.79 Å². The molecule has 3 aromatic rings. The number of carbonyl (C=O) groups is 1. The Balaban J connectivity index is 1.47. The largest absolute Gasteiger partial charge is 0.490 e. The van der Waals surface area contributed by atoms with Gasteiger partial charge in [-0.1, -0.05) is 41.9 Å². The molecule has 0 fully saturated rings. The highest BCUT2D eigenvalue weighted by molar-refractivity contribution is 6.30. The summed E-state index contributed by atoms with van der Waals surface area (Å²) in [6.45, 7) is 0.905. The van der Waals surface area contributed by atoms with Crippen LogP contribution in [0.4, 0.5) is 11.4 Å². The van der Waals surface area contributed by atoms with Gasteiger partial charge >= 0.3 is 0 Å². The van der Waals surface area contributed by atoms with E-state index in [0.717, 1.165) is 11.4 Å². The fourth-order valence-electron chi connectivity index (χ4n) is 2.47. The third kappa shape index (κ3) is 6.21. The highest BCUT2D eigenvalue weighted by Gasteiger charge is 2.08. The molecule has 0 aliphatic rings. The molecule has 0 atom stereocenters. The topological polar surface area (TPSA) is 59.6 Å². The van der Waals surface area contributed by atoms with Gasteiger partial charge < -0.3 is 20.1 Å². The lowest BCUT2D eigenvalue weighted by Crippen LogP contribution is -2.22. The molecule has 0 aliphatic heterocycles. The number of nitrogens with one attached hydrogen (secondary N) is 2. The highest BCUT2D eigenvalue weighted by Crippen LogP contribution is 2.23. The number of benzene rings is 3. The molecule has 0 unspecified atom stereocenters. The van der Waals surface area contributed by atoms with Crippen LogP contribution in [0.5, 0.6) is 11.5 Å². The average molecular weight is 397 g/mol. The van der Waals surface area contributed by atoms with E-state index in [1.165, 1.54) is 0 Å². The summed E-state index contributed by atoms with van der Waals surface area (Å²) in [5.41, 5.74) is 1.44. The van der Waals surface area contributed by atoms with Gasteiger partial charge in [-0.2, -0.15) is 0 Å². The van der Waals surface area contributed by atoms with Crippen molar-refractivity contribution in [1.29, 1.82) is 0 Å². The Kier molecular flexibility index (Phi) is 7.15. The van der Waals surface area contributed by atoms with E-state index in [-0.39, 0.29) is 12.5 Å². The number of anilines is 2. The van der Waals surface area contributed by atoms with Crippen molar-refractivity contribution in [2.45, 2.75) is 0 Å². The summed E-state index contributed by atoms with van der Waals surface area (Å²) < 4.78 is 11.4. The molecule has 0 radical (unpaired) electrons. The minimum Gasteiger partial charge on any atom is -0.490 e. The van der Waals surface area contributed by atoms with E-state index in [1.807, 2.05) is 60.7 Å². The molecule has 0 spiro atoms. The molecule has 144 valence electrons. The van der Waals surface area contributed by atoms with Gasteiger partial charge in [-0.15, -0.1) is 0 Å². The molecule has 3 rings (SSSR count). The molecule has 6 heteroatoms. The van der Waals surface area contributed by atoms with E-state index in [0.29, 0.717) is 29.7 Å². The van der Waals surface area contributed by atoms with Gasteiger partial charge in [-0.25, -0.2) is 0 Å². The van der Waals surface area contributed by atoms with E-state index in [4.69, 9.17) is 21.1 Å². The van der Waals surface area contributed by atoms with E-state index in [2.05, 4.69) is 10.6 Å². The minimum absolute atomic E-state index is 0.132. The zero-order valence-corrected chi connectivity index (χ0v) is 16.0. The van der Waals surface area contributed by atoms with Crippen LogP contribution in [0.2, 0.25) is 5.02 Å². The molecule has 28 heavy (non-hydrogen) atoms. The summed E-state index contributed by atoms with van der Waals surface area (Å²) in [7, 11) is 0. The van der Waals surface area contributed by atoms with Crippen molar-refractivity contribution in [1.82, 2.24) is 0 Å². The number of amides is 1. The third-order valence-electron chi connectivity index (χ3n) is 3.81. The van der Waals surface area contributed by atoms with Crippen LogP contribution in [0.3, 0.4) is 0 Å². The Labute approximate surface area is 169 Å². The van der Waals surface area contributed by atoms with Gasteiger partial charge in [0.15, 0.2) is 0 Å². The van der Waals surface area contributed by atoms with Gasteiger partial charge in [0.2, 0.25) is 5.91 Å². The van der Waals surface area contributed by atoms with Crippen molar-refractivity contribution in [3.8, 4) is 11.5 Å². The van der Waals surface area contributed by atoms with Crippen LogP contribution >= 0.6 is 11.6 Å². The Morgan fingerprint density at radius 1 is 0.821 bits per heavy atom. The van der Waals surface area contributed by atoms with Crippen molar-refractivity contribution in [2.24, 2.45) is 0 Å². The second kappa shape index (κ2) is 10.2. The number of halogens is 1. The quantitative estimate of drug-likeness (QED) is 0.508. The Morgan fingerprint density at radius 3 is 2.29 bits per heavy atom. The highest BCUT2D eigenvalue weighted by atomic mass is 35.5. The van der Waals surface area contributed by atoms with E-state index >= 15 is 0 Å². The molecule has 0 heterocycles. The van der Waals surface area contributed by atoms with Crippen molar-refractivity contribution in [2.75, 3.05) is 30.4 Å². The maximum atomic E-state index is 12.2. The molecule has 5 nitrogen and oxygen atoms in total. The lowest BCUT2D eigenvalue weighted by Gasteiger charge is -2.13. The lowest BCUT2D eigenvalue weighted by atomic mass is 10.3. The second-order valence-electron chi connectivity index (χ2n) is 5.91. The van der Waals surface area contributed by atoms with Gasteiger partial charge in [0, 0.05) is 10.7 Å². The summed E-state index contributed by atoms with van der Waals surface area (Å²) in [6, 6.07) is 24.0. The van der Waals surface area contributed by atoms with Gasteiger partial charge in [-0.05, 0) is 48.5 Å². The second-order valence-corrected chi connectivity index (χ2v) is 6.35. The average Bonchev–Trinajstić information content (AvgIpc) is 2.73. The Hall–Kier alpha value is -3.18. The summed E-state index contributed by atoms with van der Waals surface area (Å²) in [6.07, 6.45) is 0. The van der Waals surface area contributed by atoms with E-state index < -0.39 is 0 Å². The van der Waals surface area contributed by atoms with Crippen molar-refractivity contribution < 1.29 is 14.3 Å². The standard InChI is InChI=1S/C22H21ClN2O3/c23-17-10-12-18(13-11-17)24-16-22(26)25-20-8-4-5-9-21(20)28-15-14-27-19-6-2-1-3-7-19/h1-13,24H,14-16H2,(H,25,26). The summed E-state index contributed by atoms with van der Waals surface area (Å²) in [4.78, 5) is 12.2. The molecule has 0 aromatic heterocycles. The first-order valence-corrected chi connectivity index (χ1v) is 9.27. The molecule has 3 aromatic carbocycles. The fraction of sp³-hybridized carbons (Fsp3) is 0.136. The predicted molar refractivity (Wildman–Crippen MR) is 112 cm³/mol. The summed E-state index contributed by atoms with van der Waals surface area (Å²) in [5, 5.41) is 6.56. The first-order chi connectivity index (χ1) is 13.7. The monoisotopic (exact) mass is 396 g/mol. The normalized spacial score (nSPS) is 10.2. The van der Waals surface area contributed by atoms with E-state index in [1.54, 1.807) is 18.2 Å². The van der Waals surface area contributed by atoms with Crippen molar-refractivity contribution in [3.05, 3.63) is 83.9 Å². The van der Waals surface area contributed by atoms with E-state index in [9.17, 15) is 4.79 Å². The van der Waals surface area contributed by atoms with Crippen molar-refractivity contribution in [3.63, 3.8) is 0 Å². The number of ether oxygens (including phenoxy) is 2. The minimum atomic E-state index is -0.175. The summed E-state index contributed by atoms with van der Waals surface area (Å²) in [5.74, 6) is 1.21. The van der Waals surface area contributed by atoms with Crippen molar-refractivity contribution >= 4 is 28.9 Å². The van der Waals surface area contributed by atoms with Crippen LogP contribution in [0.25, 0.3) is 0 Å². The Bertz CT molecular complexity index is 886.